The molecular formula is C59H38N4O. The Bertz CT molecular complexity index is 3640. The molecule has 12 aromatic rings. The highest BCUT2D eigenvalue weighted by atomic mass is 16.3. The number of fused-ring (bicyclic) bond motifs is 6. The number of aromatic nitrogens is 3. The molecule has 5 heteroatoms. The average Bonchev–Trinajstić information content (AvgIpc) is 3.77. The van der Waals surface area contributed by atoms with Crippen LogP contribution in [0, 0.1) is 0 Å². The molecule has 0 bridgehead atoms. The monoisotopic (exact) mass is 818 g/mol. The number of anilines is 3. The van der Waals surface area contributed by atoms with Crippen LogP contribution in [0.4, 0.5) is 17.1 Å². The molecule has 0 saturated carbocycles. The van der Waals surface area contributed by atoms with Gasteiger partial charge in [-0.15, -0.1) is 0 Å². The molecule has 0 aliphatic rings. The Balaban J connectivity index is 0.985. The number of nitrogens with zero attached hydrogens (tertiary/aromatic N) is 4. The maximum absolute atomic E-state index is 6.73. The minimum atomic E-state index is 0.586. The van der Waals surface area contributed by atoms with Crippen LogP contribution in [-0.2, 0) is 0 Å². The standard InChI is InChI=1S/C59H38N4O/c1-4-14-39(15-5-1)41-26-31-49(32-27-41)63(48-20-8-3-9-21-48)50-33-28-42(29-34-50)45-30-35-51-47(37-45)38-53(55-52-22-12-13-23-54(52)64-56(51)55)59-61-57(43-17-6-2-7-18-43)60-58(62-59)46-25-24-40-16-10-11-19-44(40)36-46/h1-38H. The molecule has 0 spiro atoms. The van der Waals surface area contributed by atoms with E-state index in [0.717, 1.165) is 88.4 Å². The molecule has 0 unspecified atom stereocenters. The van der Waals surface area contributed by atoms with Gasteiger partial charge in [0.2, 0.25) is 0 Å². The average molecular weight is 819 g/mol. The van der Waals surface area contributed by atoms with Gasteiger partial charge in [0.25, 0.3) is 0 Å². The van der Waals surface area contributed by atoms with Gasteiger partial charge in [-0.25, -0.2) is 15.0 Å². The maximum atomic E-state index is 6.73. The van der Waals surface area contributed by atoms with E-state index >= 15 is 0 Å². The highest BCUT2D eigenvalue weighted by Gasteiger charge is 2.21. The number of furan rings is 1. The molecule has 64 heavy (non-hydrogen) atoms. The van der Waals surface area contributed by atoms with Gasteiger partial charge in [-0.3, -0.25) is 0 Å². The van der Waals surface area contributed by atoms with E-state index < -0.39 is 0 Å². The molecule has 2 aromatic heterocycles. The molecular weight excluding hydrogens is 781 g/mol. The van der Waals surface area contributed by atoms with Gasteiger partial charge in [-0.05, 0) is 105 Å². The molecule has 0 saturated heterocycles. The van der Waals surface area contributed by atoms with E-state index in [1.54, 1.807) is 0 Å². The first kappa shape index (κ1) is 37.1. The third-order valence-electron chi connectivity index (χ3n) is 12.1. The molecule has 0 aliphatic carbocycles. The number of hydrogen-bond acceptors (Lipinski definition) is 5. The van der Waals surface area contributed by atoms with Crippen LogP contribution in [0.25, 0.3) is 99.9 Å². The molecule has 2 heterocycles. The SMILES string of the molecule is c1ccc(-c2ccc(N(c3ccccc3)c3ccc(-c4ccc5c(c4)cc(-c4nc(-c6ccccc6)nc(-c6ccc7ccccc7c6)n4)c4c6ccccc6oc54)cc3)cc2)cc1. The summed E-state index contributed by atoms with van der Waals surface area (Å²) >= 11 is 0. The van der Waals surface area contributed by atoms with Crippen molar-refractivity contribution in [1.82, 2.24) is 15.0 Å². The topological polar surface area (TPSA) is 55.1 Å². The van der Waals surface area contributed by atoms with Gasteiger partial charge < -0.3 is 9.32 Å². The Morgan fingerprint density at radius 2 is 0.812 bits per heavy atom. The second-order valence-corrected chi connectivity index (χ2v) is 16.0. The minimum absolute atomic E-state index is 0.586. The summed E-state index contributed by atoms with van der Waals surface area (Å²) in [5.41, 5.74) is 12.2. The van der Waals surface area contributed by atoms with Gasteiger partial charge in [-0.1, -0.05) is 164 Å². The Kier molecular flexibility index (Phi) is 9.08. The Morgan fingerprint density at radius 1 is 0.312 bits per heavy atom. The van der Waals surface area contributed by atoms with Crippen molar-refractivity contribution >= 4 is 60.5 Å². The first-order chi connectivity index (χ1) is 31.7. The Hall–Kier alpha value is -8.67. The summed E-state index contributed by atoms with van der Waals surface area (Å²) in [7, 11) is 0. The molecule has 0 atom stereocenters. The van der Waals surface area contributed by atoms with Crippen LogP contribution in [-0.4, -0.2) is 15.0 Å². The van der Waals surface area contributed by atoms with E-state index in [9.17, 15) is 0 Å². The van der Waals surface area contributed by atoms with Crippen LogP contribution in [0.3, 0.4) is 0 Å². The van der Waals surface area contributed by atoms with Gasteiger partial charge in [0.1, 0.15) is 11.2 Å². The van der Waals surface area contributed by atoms with E-state index in [0.29, 0.717) is 17.5 Å². The van der Waals surface area contributed by atoms with E-state index in [2.05, 4.69) is 193 Å². The van der Waals surface area contributed by atoms with Crippen LogP contribution < -0.4 is 4.90 Å². The third kappa shape index (κ3) is 6.73. The van der Waals surface area contributed by atoms with E-state index in [1.807, 2.05) is 42.5 Å². The van der Waals surface area contributed by atoms with Gasteiger partial charge in [-0.2, -0.15) is 0 Å². The third-order valence-corrected chi connectivity index (χ3v) is 12.1. The molecule has 5 nitrogen and oxygen atoms in total. The van der Waals surface area contributed by atoms with Crippen LogP contribution in [0.2, 0.25) is 0 Å². The summed E-state index contributed by atoms with van der Waals surface area (Å²) in [5.74, 6) is 1.81. The molecule has 0 aliphatic heterocycles. The second kappa shape index (κ2) is 15.7. The van der Waals surface area contributed by atoms with E-state index in [1.165, 1.54) is 11.1 Å². The smallest absolute Gasteiger partial charge is 0.164 e. The van der Waals surface area contributed by atoms with E-state index in [-0.39, 0.29) is 0 Å². The number of benzene rings is 10. The summed E-state index contributed by atoms with van der Waals surface area (Å²) in [6, 6.07) is 80.6. The molecule has 12 rings (SSSR count). The van der Waals surface area contributed by atoms with Crippen molar-refractivity contribution in [2.45, 2.75) is 0 Å². The molecule has 0 fully saturated rings. The molecule has 0 N–H and O–H groups in total. The number of hydrogen-bond donors (Lipinski definition) is 0. The maximum Gasteiger partial charge on any atom is 0.164 e. The lowest BCUT2D eigenvalue weighted by Crippen LogP contribution is -2.09. The lowest BCUT2D eigenvalue weighted by Gasteiger charge is -2.26. The molecule has 10 aromatic carbocycles. The Labute approximate surface area is 370 Å². The van der Waals surface area contributed by atoms with Crippen molar-refractivity contribution in [2.75, 3.05) is 4.90 Å². The van der Waals surface area contributed by atoms with Crippen molar-refractivity contribution in [2.24, 2.45) is 0 Å². The van der Waals surface area contributed by atoms with Crippen LogP contribution in [0.5, 0.6) is 0 Å². The van der Waals surface area contributed by atoms with Crippen molar-refractivity contribution in [3.8, 4) is 56.4 Å². The molecule has 0 amide bonds. The summed E-state index contributed by atoms with van der Waals surface area (Å²) < 4.78 is 6.73. The zero-order chi connectivity index (χ0) is 42.4. The second-order valence-electron chi connectivity index (χ2n) is 16.0. The van der Waals surface area contributed by atoms with Gasteiger partial charge >= 0.3 is 0 Å². The summed E-state index contributed by atoms with van der Waals surface area (Å²) in [6.07, 6.45) is 0. The van der Waals surface area contributed by atoms with E-state index in [4.69, 9.17) is 19.4 Å². The number of para-hydroxylation sites is 2. The lowest BCUT2D eigenvalue weighted by molar-refractivity contribution is 0.672. The first-order valence-corrected chi connectivity index (χ1v) is 21.5. The fourth-order valence-corrected chi connectivity index (χ4v) is 8.91. The van der Waals surface area contributed by atoms with Crippen molar-refractivity contribution < 1.29 is 4.42 Å². The highest BCUT2D eigenvalue weighted by molar-refractivity contribution is 6.21. The molecule has 300 valence electrons. The fraction of sp³-hybridized carbons (Fsp3) is 0. The molecule has 0 radical (unpaired) electrons. The van der Waals surface area contributed by atoms with Crippen LogP contribution >= 0.6 is 0 Å². The van der Waals surface area contributed by atoms with Crippen molar-refractivity contribution in [3.63, 3.8) is 0 Å². The summed E-state index contributed by atoms with van der Waals surface area (Å²) in [5, 5.41) is 6.34. The zero-order valence-corrected chi connectivity index (χ0v) is 34.6. The van der Waals surface area contributed by atoms with Crippen LogP contribution in [0.1, 0.15) is 0 Å². The zero-order valence-electron chi connectivity index (χ0n) is 34.6. The summed E-state index contributed by atoms with van der Waals surface area (Å²) in [4.78, 5) is 17.8. The normalized spacial score (nSPS) is 11.4. The van der Waals surface area contributed by atoms with Crippen LogP contribution in [0.15, 0.2) is 235 Å². The van der Waals surface area contributed by atoms with Gasteiger partial charge in [0.05, 0.1) is 0 Å². The quantitative estimate of drug-likeness (QED) is 0.153. The lowest BCUT2D eigenvalue weighted by atomic mass is 9.96. The largest absolute Gasteiger partial charge is 0.455 e. The number of rotatable bonds is 8. The predicted molar refractivity (Wildman–Crippen MR) is 264 cm³/mol. The first-order valence-electron chi connectivity index (χ1n) is 21.5. The highest BCUT2D eigenvalue weighted by Crippen LogP contribution is 2.43. The Morgan fingerprint density at radius 3 is 1.53 bits per heavy atom. The van der Waals surface area contributed by atoms with Gasteiger partial charge in [0.15, 0.2) is 17.5 Å². The fourth-order valence-electron chi connectivity index (χ4n) is 8.91. The minimum Gasteiger partial charge on any atom is -0.455 e. The van der Waals surface area contributed by atoms with Gasteiger partial charge in [0, 0.05) is 49.9 Å². The van der Waals surface area contributed by atoms with Crippen molar-refractivity contribution in [3.05, 3.63) is 231 Å². The van der Waals surface area contributed by atoms with Crippen molar-refractivity contribution in [1.29, 1.82) is 0 Å². The summed E-state index contributed by atoms with van der Waals surface area (Å²) in [6.45, 7) is 0. The predicted octanol–water partition coefficient (Wildman–Crippen LogP) is 15.9.